The molecule has 0 aromatic rings. The van der Waals surface area contributed by atoms with Gasteiger partial charge in [0, 0.05) is 39.0 Å². The van der Waals surface area contributed by atoms with Crippen LogP contribution in [0, 0.1) is 0 Å². The van der Waals surface area contributed by atoms with Gasteiger partial charge in [-0.3, -0.25) is 4.79 Å². The molecule has 0 spiro atoms. The van der Waals surface area contributed by atoms with Gasteiger partial charge in [0.25, 0.3) is 0 Å². The zero-order valence-electron chi connectivity index (χ0n) is 23.4. The Morgan fingerprint density at radius 2 is 1.45 bits per heavy atom. The Morgan fingerprint density at radius 3 is 1.95 bits per heavy atom. The number of alkyl carbamates (subject to hydrolysis) is 2. The van der Waals surface area contributed by atoms with E-state index in [4.69, 9.17) is 32.6 Å². The molecule has 0 unspecified atom stereocenters. The van der Waals surface area contributed by atoms with Crippen LogP contribution in [0.1, 0.15) is 47.5 Å². The Labute approximate surface area is 227 Å². The van der Waals surface area contributed by atoms with Crippen molar-refractivity contribution in [3.8, 4) is 0 Å². The number of aliphatic hydroxyl groups is 1. The number of ether oxygens (including phenoxy) is 4. The molecular weight excluding hydrogens is 520 g/mol. The summed E-state index contributed by atoms with van der Waals surface area (Å²) in [6.07, 6.45) is 2.86. The maximum absolute atomic E-state index is 11.2. The van der Waals surface area contributed by atoms with Gasteiger partial charge in [0.2, 0.25) is 0 Å². The van der Waals surface area contributed by atoms with Gasteiger partial charge < -0.3 is 48.0 Å². The minimum Gasteiger partial charge on any atom is -0.498 e. The topological polar surface area (TPSA) is 160 Å². The Bertz CT molecular complexity index is 661. The third-order valence-corrected chi connectivity index (χ3v) is 7.05. The van der Waals surface area contributed by atoms with Gasteiger partial charge in [-0.2, -0.15) is 0 Å². The zero-order chi connectivity index (χ0) is 29.1. The third-order valence-electron chi connectivity index (χ3n) is 3.90. The summed E-state index contributed by atoms with van der Waals surface area (Å²) in [5.41, 5.74) is 0. The van der Waals surface area contributed by atoms with Crippen molar-refractivity contribution in [3.63, 3.8) is 0 Å². The Morgan fingerprint density at radius 1 is 0.895 bits per heavy atom. The molecule has 0 aliphatic carbocycles. The first-order valence-corrected chi connectivity index (χ1v) is 14.6. The molecule has 0 rings (SSSR count). The van der Waals surface area contributed by atoms with Gasteiger partial charge in [0.05, 0.1) is 25.0 Å². The minimum absolute atomic E-state index is 0.00135. The van der Waals surface area contributed by atoms with Crippen LogP contribution in [0.15, 0.2) is 24.7 Å². The fourth-order valence-corrected chi connectivity index (χ4v) is 5.21. The van der Waals surface area contributed by atoms with Gasteiger partial charge in [-0.15, -0.1) is 0 Å². The van der Waals surface area contributed by atoms with E-state index in [9.17, 15) is 14.4 Å². The van der Waals surface area contributed by atoms with Crippen LogP contribution in [0.5, 0.6) is 0 Å². The summed E-state index contributed by atoms with van der Waals surface area (Å²) >= 11 is 0. The molecule has 0 aromatic carbocycles. The number of hydrogen-bond donors (Lipinski definition) is 3. The maximum atomic E-state index is 11.2. The number of rotatable bonds is 20. The number of hydrogen-bond acceptors (Lipinski definition) is 11. The van der Waals surface area contributed by atoms with E-state index in [1.165, 1.54) is 6.26 Å². The van der Waals surface area contributed by atoms with Crippen LogP contribution in [0.4, 0.5) is 9.59 Å². The highest BCUT2D eigenvalue weighted by Crippen LogP contribution is 2.17. The number of aliphatic hydroxyl groups excluding tert-OH is 1. The second-order valence-electron chi connectivity index (χ2n) is 7.20. The van der Waals surface area contributed by atoms with E-state index in [2.05, 4.69) is 21.9 Å². The first-order valence-electron chi connectivity index (χ1n) is 12.6. The lowest BCUT2D eigenvalue weighted by Crippen LogP contribution is -2.46. The van der Waals surface area contributed by atoms with E-state index in [0.29, 0.717) is 44.6 Å². The van der Waals surface area contributed by atoms with Crippen LogP contribution in [0.25, 0.3) is 0 Å². The number of carbonyl (C=O) groups is 3. The average Bonchev–Trinajstić information content (AvgIpc) is 2.86. The summed E-state index contributed by atoms with van der Waals surface area (Å²) in [5, 5.41) is 13.5. The molecule has 3 N–H and O–H groups in total. The van der Waals surface area contributed by atoms with Gasteiger partial charge in [-0.05, 0) is 41.0 Å². The van der Waals surface area contributed by atoms with Gasteiger partial charge in [0.15, 0.2) is 0 Å². The monoisotopic (exact) mass is 566 g/mol. The summed E-state index contributed by atoms with van der Waals surface area (Å²) in [4.78, 5) is 33.3. The van der Waals surface area contributed by atoms with E-state index >= 15 is 0 Å². The predicted octanol–water partition coefficient (Wildman–Crippen LogP) is 2.87. The summed E-state index contributed by atoms with van der Waals surface area (Å²) in [5.74, 6) is -0.122. The predicted molar refractivity (Wildman–Crippen MR) is 142 cm³/mol. The standard InChI is InChI=1S/C12H27NO6Si.C12H19NO5/c1-4-17-20(18-5-2,19-6-3)11-7-8-13-12(15)16-10-9-14;1-4-7-16-8-9-17-12(15)13-6-5-11(14)18-10(2)3/h14H,4-11H2,1-3H3,(H,13,15);4,7H,2,5-6,8-9H2,1,3H3,(H,13,15). The fraction of sp³-hybridized carbons (Fsp3) is 0.708. The van der Waals surface area contributed by atoms with Gasteiger partial charge >= 0.3 is 27.0 Å². The van der Waals surface area contributed by atoms with Crippen molar-refractivity contribution in [2.75, 3.05) is 59.3 Å². The minimum atomic E-state index is -2.63. The van der Waals surface area contributed by atoms with E-state index in [1.807, 2.05) is 27.7 Å². The van der Waals surface area contributed by atoms with Crippen LogP contribution in [-0.4, -0.2) is 91.4 Å². The maximum Gasteiger partial charge on any atom is 0.500 e. The summed E-state index contributed by atoms with van der Waals surface area (Å²) in [6, 6.07) is 0.642. The molecule has 0 bridgehead atoms. The SMILES string of the molecule is C=C(C)OC(=O)CCNC(=O)OCCOC=CC.CCO[Si](CCCNC(=O)OCCO)(OCC)OCC. The van der Waals surface area contributed by atoms with Crippen LogP contribution in [-0.2, 0) is 37.0 Å². The third kappa shape index (κ3) is 23.7. The lowest BCUT2D eigenvalue weighted by Gasteiger charge is -2.28. The Hall–Kier alpha value is -2.65. The van der Waals surface area contributed by atoms with Crippen molar-refractivity contribution < 1.29 is 51.7 Å². The molecule has 0 aliphatic heterocycles. The highest BCUT2D eigenvalue weighted by molar-refractivity contribution is 6.60. The first-order chi connectivity index (χ1) is 18.2. The molecule has 0 radical (unpaired) electrons. The first kappa shape index (κ1) is 37.5. The van der Waals surface area contributed by atoms with Crippen molar-refractivity contribution in [2.45, 2.75) is 53.5 Å². The molecule has 0 atom stereocenters. The number of carbonyl (C=O) groups excluding carboxylic acids is 3. The number of amides is 2. The summed E-state index contributed by atoms with van der Waals surface area (Å²) in [7, 11) is -2.63. The Kier molecular flexibility index (Phi) is 25.6. The van der Waals surface area contributed by atoms with Crippen LogP contribution >= 0.6 is 0 Å². The lowest BCUT2D eigenvalue weighted by atomic mass is 10.4. The number of nitrogens with one attached hydrogen (secondary N) is 2. The fourth-order valence-electron chi connectivity index (χ4n) is 2.60. The summed E-state index contributed by atoms with van der Waals surface area (Å²) < 4.78 is 36.2. The molecule has 14 heteroatoms. The summed E-state index contributed by atoms with van der Waals surface area (Å²) in [6.45, 7) is 15.0. The molecule has 13 nitrogen and oxygen atoms in total. The highest BCUT2D eigenvalue weighted by Gasteiger charge is 2.39. The second-order valence-corrected chi connectivity index (χ2v) is 9.93. The van der Waals surface area contributed by atoms with Crippen LogP contribution < -0.4 is 10.6 Å². The molecule has 0 saturated carbocycles. The molecule has 0 aromatic heterocycles. The normalized spacial score (nSPS) is 10.7. The Balaban J connectivity index is 0. The highest BCUT2D eigenvalue weighted by atomic mass is 28.4. The van der Waals surface area contributed by atoms with Gasteiger partial charge in [0.1, 0.15) is 19.8 Å². The second kappa shape index (κ2) is 26.0. The van der Waals surface area contributed by atoms with Crippen molar-refractivity contribution in [1.82, 2.24) is 10.6 Å². The van der Waals surface area contributed by atoms with Gasteiger partial charge in [-0.25, -0.2) is 9.59 Å². The number of allylic oxidation sites excluding steroid dienone is 2. The molecule has 0 fully saturated rings. The van der Waals surface area contributed by atoms with Crippen molar-refractivity contribution >= 4 is 27.0 Å². The van der Waals surface area contributed by atoms with E-state index in [0.717, 1.165) is 0 Å². The van der Waals surface area contributed by atoms with Gasteiger partial charge in [-0.1, -0.05) is 12.7 Å². The van der Waals surface area contributed by atoms with Crippen molar-refractivity contribution in [1.29, 1.82) is 0 Å². The van der Waals surface area contributed by atoms with E-state index in [1.54, 1.807) is 13.0 Å². The molecule has 2 amide bonds. The molecule has 38 heavy (non-hydrogen) atoms. The quantitative estimate of drug-likeness (QED) is 0.0653. The van der Waals surface area contributed by atoms with Crippen molar-refractivity contribution in [3.05, 3.63) is 24.7 Å². The van der Waals surface area contributed by atoms with Crippen molar-refractivity contribution in [2.24, 2.45) is 0 Å². The number of esters is 1. The lowest BCUT2D eigenvalue weighted by molar-refractivity contribution is -0.139. The van der Waals surface area contributed by atoms with E-state index in [-0.39, 0.29) is 39.4 Å². The van der Waals surface area contributed by atoms with Crippen LogP contribution in [0.2, 0.25) is 6.04 Å². The smallest absolute Gasteiger partial charge is 0.498 e. The molecule has 0 saturated heterocycles. The van der Waals surface area contributed by atoms with E-state index < -0.39 is 27.0 Å². The molecule has 222 valence electrons. The molecule has 0 heterocycles. The zero-order valence-corrected chi connectivity index (χ0v) is 24.4. The average molecular weight is 567 g/mol. The molecular formula is C24H46N2O11Si. The molecule has 0 aliphatic rings. The van der Waals surface area contributed by atoms with Crippen LogP contribution in [0.3, 0.4) is 0 Å². The largest absolute Gasteiger partial charge is 0.500 e.